The molecule has 2 aliphatic rings. The summed E-state index contributed by atoms with van der Waals surface area (Å²) < 4.78 is 0.947. The molecule has 0 radical (unpaired) electrons. The number of aromatic amines is 1. The minimum Gasteiger partial charge on any atom is -0.427 e. The van der Waals surface area contributed by atoms with Crippen LogP contribution >= 0.6 is 0 Å². The first-order chi connectivity index (χ1) is 9.34. The van der Waals surface area contributed by atoms with E-state index in [4.69, 9.17) is 5.21 Å². The second-order valence-corrected chi connectivity index (χ2v) is 3.79. The van der Waals surface area contributed by atoms with Crippen molar-refractivity contribution in [3.63, 3.8) is 0 Å². The fourth-order valence-electron chi connectivity index (χ4n) is 1.63. The van der Waals surface area contributed by atoms with Crippen molar-refractivity contribution in [3.8, 4) is 11.4 Å². The van der Waals surface area contributed by atoms with Crippen LogP contribution in [-0.4, -0.2) is 35.3 Å². The number of nitrogens with zero attached hydrogens (tertiary/aromatic N) is 5. The number of H-pyrrole nitrogens is 1. The fraction of sp³-hybridized carbons (Fsp3) is 0. The fourth-order valence-corrected chi connectivity index (χ4v) is 1.63. The summed E-state index contributed by atoms with van der Waals surface area (Å²) in [6, 6.07) is 7.41. The summed E-state index contributed by atoms with van der Waals surface area (Å²) in [5.74, 6) is 0.488. The first-order valence-corrected chi connectivity index (χ1v) is 5.57. The van der Waals surface area contributed by atoms with Gasteiger partial charge in [-0.2, -0.15) is 14.9 Å². The van der Waals surface area contributed by atoms with Crippen molar-refractivity contribution >= 4 is 11.0 Å². The van der Waals surface area contributed by atoms with Gasteiger partial charge in [0, 0.05) is 23.3 Å². The zero-order valence-corrected chi connectivity index (χ0v) is 9.80. The Labute approximate surface area is 107 Å². The van der Waals surface area contributed by atoms with E-state index in [1.54, 1.807) is 24.7 Å². The van der Waals surface area contributed by atoms with Gasteiger partial charge in [0.1, 0.15) is 0 Å². The lowest BCUT2D eigenvalue weighted by molar-refractivity contribution is 0.186. The molecule has 7 nitrogen and oxygen atoms in total. The van der Waals surface area contributed by atoms with Crippen molar-refractivity contribution in [1.82, 2.24) is 30.1 Å². The second-order valence-electron chi connectivity index (χ2n) is 3.79. The van der Waals surface area contributed by atoms with Gasteiger partial charge in [0.15, 0.2) is 11.5 Å². The average molecular weight is 254 g/mol. The molecule has 19 heavy (non-hydrogen) atoms. The van der Waals surface area contributed by atoms with Crippen LogP contribution in [0.3, 0.4) is 0 Å². The summed E-state index contributed by atoms with van der Waals surface area (Å²) >= 11 is 0. The van der Waals surface area contributed by atoms with E-state index in [-0.39, 0.29) is 0 Å². The lowest BCUT2D eigenvalue weighted by atomic mass is 10.3. The second kappa shape index (κ2) is 4.73. The minimum atomic E-state index is 0.488. The molecule has 94 valence electrons. The maximum Gasteiger partial charge on any atom is 0.198 e. The molecule has 0 bridgehead atoms. The third-order valence-electron chi connectivity index (χ3n) is 2.54. The zero-order valence-electron chi connectivity index (χ0n) is 9.80. The SMILES string of the molecule is On1cccc2cnnc1-2.c1cnc2[nH]ncc2c1. The molecular weight excluding hydrogens is 244 g/mol. The molecular formula is C12H10N6O. The predicted molar refractivity (Wildman–Crippen MR) is 67.7 cm³/mol. The summed E-state index contributed by atoms with van der Waals surface area (Å²) in [6.45, 7) is 0. The van der Waals surface area contributed by atoms with Gasteiger partial charge in [0.2, 0.25) is 0 Å². The van der Waals surface area contributed by atoms with Gasteiger partial charge in [-0.15, -0.1) is 5.10 Å². The largest absolute Gasteiger partial charge is 0.427 e. The number of nitrogens with one attached hydrogen (secondary N) is 1. The number of pyridine rings is 2. The Morgan fingerprint density at radius 3 is 2.95 bits per heavy atom. The third-order valence-corrected chi connectivity index (χ3v) is 2.54. The Kier molecular flexibility index (Phi) is 2.77. The molecule has 4 heterocycles. The van der Waals surface area contributed by atoms with Crippen LogP contribution in [-0.2, 0) is 0 Å². The normalized spacial score (nSPS) is 10.3. The molecule has 0 atom stereocenters. The average Bonchev–Trinajstić information content (AvgIpc) is 3.08. The van der Waals surface area contributed by atoms with Gasteiger partial charge in [-0.05, 0) is 24.3 Å². The van der Waals surface area contributed by atoms with Crippen LogP contribution in [0.5, 0.6) is 0 Å². The Balaban J connectivity index is 0.000000117. The molecule has 0 aliphatic carbocycles. The van der Waals surface area contributed by atoms with Gasteiger partial charge in [0.05, 0.1) is 12.4 Å². The highest BCUT2D eigenvalue weighted by Gasteiger charge is 2.06. The lowest BCUT2D eigenvalue weighted by Gasteiger charge is -1.99. The first-order valence-electron chi connectivity index (χ1n) is 5.57. The summed E-state index contributed by atoms with van der Waals surface area (Å²) in [4.78, 5) is 4.02. The smallest absolute Gasteiger partial charge is 0.198 e. The van der Waals surface area contributed by atoms with Gasteiger partial charge in [-0.1, -0.05) is 0 Å². The summed E-state index contributed by atoms with van der Waals surface area (Å²) in [6.07, 6.45) is 6.60. The topological polar surface area (TPSA) is 92.5 Å². The molecule has 2 aliphatic heterocycles. The van der Waals surface area contributed by atoms with Crippen LogP contribution in [0.15, 0.2) is 49.1 Å². The minimum absolute atomic E-state index is 0.488. The predicted octanol–water partition coefficient (Wildman–Crippen LogP) is 1.58. The standard InChI is InChI=1S/C6H5N3O.C6H5N3/c10-9-3-1-2-5-4-7-8-6(5)9;1-2-5-4-8-9-6(5)7-3-1/h1-4,10H;1-4H,(H,7,8,9). The summed E-state index contributed by atoms with van der Waals surface area (Å²) in [5, 5.41) is 24.0. The first kappa shape index (κ1) is 11.1. The van der Waals surface area contributed by atoms with Crippen LogP contribution in [0, 0.1) is 0 Å². The molecule has 7 heteroatoms. The van der Waals surface area contributed by atoms with E-state index in [9.17, 15) is 0 Å². The van der Waals surface area contributed by atoms with Gasteiger partial charge < -0.3 is 5.21 Å². The molecule has 0 fully saturated rings. The number of hydrogen-bond acceptors (Lipinski definition) is 5. The molecule has 2 N–H and O–H groups in total. The van der Waals surface area contributed by atoms with Crippen molar-refractivity contribution in [2.75, 3.05) is 0 Å². The summed E-state index contributed by atoms with van der Waals surface area (Å²) in [5.41, 5.74) is 1.68. The zero-order chi connectivity index (χ0) is 13.1. The Morgan fingerprint density at radius 2 is 2.11 bits per heavy atom. The Morgan fingerprint density at radius 1 is 1.16 bits per heavy atom. The van der Waals surface area contributed by atoms with Crippen molar-refractivity contribution < 1.29 is 5.21 Å². The summed E-state index contributed by atoms with van der Waals surface area (Å²) in [7, 11) is 0. The number of fused-ring (bicyclic) bond motifs is 2. The molecule has 0 spiro atoms. The molecule has 2 aromatic heterocycles. The van der Waals surface area contributed by atoms with Crippen LogP contribution in [0.2, 0.25) is 0 Å². The van der Waals surface area contributed by atoms with Crippen molar-refractivity contribution in [2.24, 2.45) is 0 Å². The van der Waals surface area contributed by atoms with E-state index in [0.717, 1.165) is 21.3 Å². The number of aromatic nitrogens is 6. The molecule has 0 amide bonds. The number of rotatable bonds is 0. The van der Waals surface area contributed by atoms with Crippen LogP contribution in [0.25, 0.3) is 22.4 Å². The van der Waals surface area contributed by atoms with Gasteiger partial charge >= 0.3 is 0 Å². The highest BCUT2D eigenvalue weighted by Crippen LogP contribution is 2.14. The van der Waals surface area contributed by atoms with E-state index in [1.165, 1.54) is 6.20 Å². The highest BCUT2D eigenvalue weighted by molar-refractivity contribution is 5.72. The maximum atomic E-state index is 9.07. The molecule has 0 aromatic carbocycles. The highest BCUT2D eigenvalue weighted by atomic mass is 16.5. The molecule has 4 rings (SSSR count). The van der Waals surface area contributed by atoms with Crippen molar-refractivity contribution in [2.45, 2.75) is 0 Å². The third kappa shape index (κ3) is 2.21. The monoisotopic (exact) mass is 254 g/mol. The van der Waals surface area contributed by atoms with Crippen molar-refractivity contribution in [3.05, 3.63) is 49.1 Å². The van der Waals surface area contributed by atoms with Gasteiger partial charge in [-0.3, -0.25) is 5.10 Å². The quantitative estimate of drug-likeness (QED) is 0.465. The van der Waals surface area contributed by atoms with Crippen LogP contribution in [0.4, 0.5) is 0 Å². The van der Waals surface area contributed by atoms with Crippen LogP contribution in [0.1, 0.15) is 0 Å². The molecule has 0 saturated heterocycles. The Hall–Kier alpha value is -2.96. The lowest BCUT2D eigenvalue weighted by Crippen LogP contribution is -1.96. The van der Waals surface area contributed by atoms with E-state index >= 15 is 0 Å². The van der Waals surface area contributed by atoms with Crippen LogP contribution < -0.4 is 0 Å². The van der Waals surface area contributed by atoms with E-state index in [0.29, 0.717) is 5.82 Å². The van der Waals surface area contributed by atoms with Crippen molar-refractivity contribution in [1.29, 1.82) is 0 Å². The van der Waals surface area contributed by atoms with E-state index < -0.39 is 0 Å². The Bertz CT molecular complexity index is 731. The van der Waals surface area contributed by atoms with E-state index in [2.05, 4.69) is 25.4 Å². The van der Waals surface area contributed by atoms with E-state index in [1.807, 2.05) is 18.2 Å². The van der Waals surface area contributed by atoms with Gasteiger partial charge in [-0.25, -0.2) is 4.98 Å². The molecule has 0 saturated carbocycles. The molecule has 2 aromatic rings. The molecule has 0 unspecified atom stereocenters. The number of hydrogen-bond donors (Lipinski definition) is 2. The maximum absolute atomic E-state index is 9.07. The van der Waals surface area contributed by atoms with Gasteiger partial charge in [0.25, 0.3) is 0 Å².